The average molecular weight is 305 g/mol. The van der Waals surface area contributed by atoms with E-state index in [1.165, 1.54) is 0 Å². The molecule has 0 spiro atoms. The first-order chi connectivity index (χ1) is 10.3. The Morgan fingerprint density at radius 1 is 1.24 bits per heavy atom. The van der Waals surface area contributed by atoms with Crippen LogP contribution in [-0.4, -0.2) is 24.9 Å². The Bertz CT molecular complexity index is 571. The van der Waals surface area contributed by atoms with Crippen LogP contribution in [0.4, 0.5) is 0 Å². The fraction of sp³-hybridized carbons (Fsp3) is 0.375. The molecule has 2 N–H and O–H groups in total. The maximum Gasteiger partial charge on any atom is 0.165 e. The highest BCUT2D eigenvalue weighted by atomic mass is 32.1. The number of para-hydroxylation sites is 1. The molecule has 112 valence electrons. The standard InChI is InChI=1S/C16H19NO3S/c18-14(13-5-8-21-11-13)10-17-9-12-3-1-4-15-16(12)20-7-2-6-19-15/h1,3-5,8,11,14,17-18H,2,6-7,9-10H2. The summed E-state index contributed by atoms with van der Waals surface area (Å²) in [4.78, 5) is 0. The zero-order valence-corrected chi connectivity index (χ0v) is 12.6. The van der Waals surface area contributed by atoms with Crippen molar-refractivity contribution in [2.45, 2.75) is 19.1 Å². The molecule has 1 atom stereocenters. The van der Waals surface area contributed by atoms with Gasteiger partial charge >= 0.3 is 0 Å². The molecule has 0 amide bonds. The molecule has 1 unspecified atom stereocenters. The van der Waals surface area contributed by atoms with Crippen LogP contribution >= 0.6 is 11.3 Å². The molecule has 2 heterocycles. The average Bonchev–Trinajstić information content (AvgIpc) is 2.93. The van der Waals surface area contributed by atoms with E-state index in [-0.39, 0.29) is 0 Å². The number of nitrogens with one attached hydrogen (secondary N) is 1. The van der Waals surface area contributed by atoms with Crippen LogP contribution in [0, 0.1) is 0 Å². The summed E-state index contributed by atoms with van der Waals surface area (Å²) in [5.41, 5.74) is 2.02. The van der Waals surface area contributed by atoms with Crippen LogP contribution < -0.4 is 14.8 Å². The Morgan fingerprint density at radius 3 is 3.00 bits per heavy atom. The number of hydrogen-bond donors (Lipinski definition) is 2. The van der Waals surface area contributed by atoms with E-state index in [9.17, 15) is 5.11 Å². The second-order valence-corrected chi connectivity index (χ2v) is 5.78. The molecule has 0 fully saturated rings. The van der Waals surface area contributed by atoms with Crippen molar-refractivity contribution in [2.75, 3.05) is 19.8 Å². The van der Waals surface area contributed by atoms with Crippen LogP contribution in [0.3, 0.4) is 0 Å². The molecule has 0 radical (unpaired) electrons. The summed E-state index contributed by atoms with van der Waals surface area (Å²) in [6.07, 6.45) is 0.425. The molecule has 21 heavy (non-hydrogen) atoms. The molecule has 1 aromatic carbocycles. The number of rotatable bonds is 5. The second kappa shape index (κ2) is 6.93. The lowest BCUT2D eigenvalue weighted by molar-refractivity contribution is 0.174. The number of aliphatic hydroxyl groups is 1. The molecule has 1 aromatic heterocycles. The summed E-state index contributed by atoms with van der Waals surface area (Å²) >= 11 is 1.59. The van der Waals surface area contributed by atoms with E-state index in [1.54, 1.807) is 11.3 Å². The summed E-state index contributed by atoms with van der Waals surface area (Å²) in [5, 5.41) is 17.3. The van der Waals surface area contributed by atoms with E-state index in [0.29, 0.717) is 26.3 Å². The van der Waals surface area contributed by atoms with Crippen LogP contribution in [0.15, 0.2) is 35.0 Å². The summed E-state index contributed by atoms with van der Waals surface area (Å²) in [6.45, 7) is 2.54. The van der Waals surface area contributed by atoms with E-state index in [4.69, 9.17) is 9.47 Å². The third-order valence-corrected chi connectivity index (χ3v) is 4.14. The molecule has 0 saturated heterocycles. The quantitative estimate of drug-likeness (QED) is 0.892. The number of benzene rings is 1. The molecule has 0 bridgehead atoms. The fourth-order valence-corrected chi connectivity index (χ4v) is 3.03. The maximum absolute atomic E-state index is 10.1. The SMILES string of the molecule is OC(CNCc1cccc2c1OCCCO2)c1ccsc1. The van der Waals surface area contributed by atoms with Gasteiger partial charge in [0.25, 0.3) is 0 Å². The van der Waals surface area contributed by atoms with Gasteiger partial charge in [0.1, 0.15) is 0 Å². The number of aliphatic hydroxyl groups excluding tert-OH is 1. The Labute approximate surface area is 128 Å². The van der Waals surface area contributed by atoms with E-state index < -0.39 is 6.10 Å². The molecule has 1 aliphatic heterocycles. The molecular formula is C16H19NO3S. The van der Waals surface area contributed by atoms with Crippen LogP contribution in [-0.2, 0) is 6.54 Å². The lowest BCUT2D eigenvalue weighted by Gasteiger charge is -2.14. The zero-order chi connectivity index (χ0) is 14.5. The number of ether oxygens (including phenoxy) is 2. The van der Waals surface area contributed by atoms with Gasteiger partial charge in [-0.15, -0.1) is 0 Å². The lowest BCUT2D eigenvalue weighted by atomic mass is 10.1. The molecule has 1 aliphatic rings. The van der Waals surface area contributed by atoms with E-state index in [2.05, 4.69) is 5.32 Å². The summed E-state index contributed by atoms with van der Waals surface area (Å²) in [6, 6.07) is 7.88. The molecule has 3 rings (SSSR count). The highest BCUT2D eigenvalue weighted by Gasteiger charge is 2.14. The maximum atomic E-state index is 10.1. The molecule has 5 heteroatoms. The predicted molar refractivity (Wildman–Crippen MR) is 83.0 cm³/mol. The van der Waals surface area contributed by atoms with E-state index in [1.807, 2.05) is 35.0 Å². The van der Waals surface area contributed by atoms with Crippen LogP contribution in [0.1, 0.15) is 23.7 Å². The number of thiophene rings is 1. The first-order valence-corrected chi connectivity index (χ1v) is 8.07. The highest BCUT2D eigenvalue weighted by molar-refractivity contribution is 7.07. The van der Waals surface area contributed by atoms with Gasteiger partial charge < -0.3 is 19.9 Å². The topological polar surface area (TPSA) is 50.7 Å². The molecule has 0 saturated carbocycles. The molecule has 4 nitrogen and oxygen atoms in total. The summed E-state index contributed by atoms with van der Waals surface area (Å²) < 4.78 is 11.5. The van der Waals surface area contributed by atoms with Crippen LogP contribution in [0.25, 0.3) is 0 Å². The van der Waals surface area contributed by atoms with Gasteiger partial charge in [0.15, 0.2) is 11.5 Å². The van der Waals surface area contributed by atoms with Crippen molar-refractivity contribution in [2.24, 2.45) is 0 Å². The van der Waals surface area contributed by atoms with Crippen molar-refractivity contribution in [1.29, 1.82) is 0 Å². The Kier molecular flexibility index (Phi) is 4.75. The van der Waals surface area contributed by atoms with Gasteiger partial charge in [0.05, 0.1) is 19.3 Å². The van der Waals surface area contributed by atoms with E-state index in [0.717, 1.165) is 29.0 Å². The Balaban J connectivity index is 1.60. The van der Waals surface area contributed by atoms with Gasteiger partial charge in [-0.3, -0.25) is 0 Å². The first kappa shape index (κ1) is 14.4. The molecular weight excluding hydrogens is 286 g/mol. The largest absolute Gasteiger partial charge is 0.490 e. The minimum absolute atomic E-state index is 0.476. The van der Waals surface area contributed by atoms with Crippen molar-refractivity contribution in [3.05, 3.63) is 46.2 Å². The predicted octanol–water partition coefficient (Wildman–Crippen LogP) is 2.73. The normalized spacial score (nSPS) is 15.5. The smallest absolute Gasteiger partial charge is 0.165 e. The second-order valence-electron chi connectivity index (χ2n) is 5.00. The van der Waals surface area contributed by atoms with Crippen molar-refractivity contribution in [1.82, 2.24) is 5.32 Å². The number of fused-ring (bicyclic) bond motifs is 1. The van der Waals surface area contributed by atoms with Crippen molar-refractivity contribution >= 4 is 11.3 Å². The van der Waals surface area contributed by atoms with E-state index >= 15 is 0 Å². The van der Waals surface area contributed by atoms with Crippen LogP contribution in [0.2, 0.25) is 0 Å². The number of hydrogen-bond acceptors (Lipinski definition) is 5. The van der Waals surface area contributed by atoms with Crippen molar-refractivity contribution < 1.29 is 14.6 Å². The third kappa shape index (κ3) is 3.56. The Morgan fingerprint density at radius 2 is 2.14 bits per heavy atom. The monoisotopic (exact) mass is 305 g/mol. The van der Waals surface area contributed by atoms with Gasteiger partial charge in [-0.2, -0.15) is 11.3 Å². The van der Waals surface area contributed by atoms with Crippen molar-refractivity contribution in [3.63, 3.8) is 0 Å². The van der Waals surface area contributed by atoms with Gasteiger partial charge in [0.2, 0.25) is 0 Å². The van der Waals surface area contributed by atoms with Gasteiger partial charge in [-0.25, -0.2) is 0 Å². The summed E-state index contributed by atoms with van der Waals surface area (Å²) in [7, 11) is 0. The lowest BCUT2D eigenvalue weighted by Crippen LogP contribution is -2.21. The minimum atomic E-state index is -0.476. The van der Waals surface area contributed by atoms with Gasteiger partial charge in [-0.05, 0) is 28.5 Å². The van der Waals surface area contributed by atoms with Gasteiger partial charge in [0, 0.05) is 25.1 Å². The minimum Gasteiger partial charge on any atom is -0.490 e. The summed E-state index contributed by atoms with van der Waals surface area (Å²) in [5.74, 6) is 1.64. The fourth-order valence-electron chi connectivity index (χ4n) is 2.32. The molecule has 0 aliphatic carbocycles. The van der Waals surface area contributed by atoms with Gasteiger partial charge in [-0.1, -0.05) is 12.1 Å². The zero-order valence-electron chi connectivity index (χ0n) is 11.7. The first-order valence-electron chi connectivity index (χ1n) is 7.13. The van der Waals surface area contributed by atoms with Crippen molar-refractivity contribution in [3.8, 4) is 11.5 Å². The highest BCUT2D eigenvalue weighted by Crippen LogP contribution is 2.33. The molecule has 2 aromatic rings. The third-order valence-electron chi connectivity index (χ3n) is 3.43. The van der Waals surface area contributed by atoms with Crippen LogP contribution in [0.5, 0.6) is 11.5 Å². The Hall–Kier alpha value is -1.56.